The Bertz CT molecular complexity index is 1040. The molecule has 0 unspecified atom stereocenters. The van der Waals surface area contributed by atoms with Crippen LogP contribution in [0.15, 0.2) is 34.9 Å². The number of Topliss-reactive ketones (excluding diaryl/α,β-unsaturated/α-hetero) is 1. The number of aromatic nitrogens is 2. The lowest BCUT2D eigenvalue weighted by Crippen LogP contribution is -2.13. The molecule has 0 aliphatic heterocycles. The van der Waals surface area contributed by atoms with E-state index in [0.717, 1.165) is 23.9 Å². The maximum absolute atomic E-state index is 13.9. The van der Waals surface area contributed by atoms with Gasteiger partial charge in [-0.05, 0) is 32.9 Å². The Morgan fingerprint density at radius 1 is 1.30 bits per heavy atom. The standard InChI is InChI=1S/C18H16FN3O5/c1-10-6-14(12(3)21(10)18-7-11(2)27-20-18)16(23)9-26-17-5-4-13(22(24)25)8-15(17)19/h4-8H,9H2,1-3H3. The summed E-state index contributed by atoms with van der Waals surface area (Å²) in [4.78, 5) is 22.4. The number of ketones is 1. The van der Waals surface area contributed by atoms with Gasteiger partial charge in [0.1, 0.15) is 5.76 Å². The molecule has 0 amide bonds. The van der Waals surface area contributed by atoms with Crippen molar-refractivity contribution in [2.24, 2.45) is 0 Å². The van der Waals surface area contributed by atoms with E-state index >= 15 is 0 Å². The van der Waals surface area contributed by atoms with Gasteiger partial charge >= 0.3 is 0 Å². The number of rotatable bonds is 6. The molecule has 0 saturated carbocycles. The first-order valence-corrected chi connectivity index (χ1v) is 8.00. The average Bonchev–Trinajstić information content (AvgIpc) is 3.16. The number of carbonyl (C=O) groups excluding carboxylic acids is 1. The van der Waals surface area contributed by atoms with Gasteiger partial charge in [-0.25, -0.2) is 4.39 Å². The average molecular weight is 373 g/mol. The molecule has 0 spiro atoms. The summed E-state index contributed by atoms with van der Waals surface area (Å²) in [6.07, 6.45) is 0. The maximum atomic E-state index is 13.9. The number of hydrogen-bond donors (Lipinski definition) is 0. The number of carbonyl (C=O) groups is 1. The first-order valence-electron chi connectivity index (χ1n) is 8.00. The van der Waals surface area contributed by atoms with E-state index in [1.54, 1.807) is 30.5 Å². The fourth-order valence-electron chi connectivity index (χ4n) is 2.80. The summed E-state index contributed by atoms with van der Waals surface area (Å²) >= 11 is 0. The molecule has 0 N–H and O–H groups in total. The van der Waals surface area contributed by atoms with Crippen molar-refractivity contribution in [1.82, 2.24) is 9.72 Å². The Labute approximate surface area is 153 Å². The molecule has 0 atom stereocenters. The van der Waals surface area contributed by atoms with Gasteiger partial charge in [0.25, 0.3) is 5.69 Å². The van der Waals surface area contributed by atoms with Crippen molar-refractivity contribution >= 4 is 11.5 Å². The number of benzene rings is 1. The number of ether oxygens (including phenoxy) is 1. The van der Waals surface area contributed by atoms with Crippen LogP contribution in [0.1, 0.15) is 27.5 Å². The fourth-order valence-corrected chi connectivity index (χ4v) is 2.80. The van der Waals surface area contributed by atoms with Crippen molar-refractivity contribution in [3.8, 4) is 11.6 Å². The molecule has 0 saturated heterocycles. The number of aryl methyl sites for hydroxylation is 2. The predicted molar refractivity (Wildman–Crippen MR) is 92.9 cm³/mol. The summed E-state index contributed by atoms with van der Waals surface area (Å²) < 4.78 is 25.9. The molecule has 3 rings (SSSR count). The van der Waals surface area contributed by atoms with E-state index in [4.69, 9.17) is 9.26 Å². The second-order valence-electron chi connectivity index (χ2n) is 6.00. The van der Waals surface area contributed by atoms with Gasteiger partial charge in [-0.1, -0.05) is 5.16 Å². The number of halogens is 1. The van der Waals surface area contributed by atoms with Crippen molar-refractivity contribution in [2.45, 2.75) is 20.8 Å². The van der Waals surface area contributed by atoms with Crippen molar-refractivity contribution < 1.29 is 23.4 Å². The summed E-state index contributed by atoms with van der Waals surface area (Å²) in [5, 5.41) is 14.6. The first kappa shape index (κ1) is 18.3. The second-order valence-corrected chi connectivity index (χ2v) is 6.00. The van der Waals surface area contributed by atoms with Gasteiger partial charge in [0, 0.05) is 29.1 Å². The van der Waals surface area contributed by atoms with Gasteiger partial charge in [0.2, 0.25) is 5.78 Å². The van der Waals surface area contributed by atoms with Crippen LogP contribution in [0, 0.1) is 36.7 Å². The molecule has 9 heteroatoms. The summed E-state index contributed by atoms with van der Waals surface area (Å²) in [5.41, 5.74) is 1.46. The minimum Gasteiger partial charge on any atom is -0.482 e. The summed E-state index contributed by atoms with van der Waals surface area (Å²) in [6, 6.07) is 6.43. The van der Waals surface area contributed by atoms with Crippen LogP contribution in [0.2, 0.25) is 0 Å². The second kappa shape index (κ2) is 7.02. The number of nitrogens with zero attached hydrogens (tertiary/aromatic N) is 3. The van der Waals surface area contributed by atoms with Crippen LogP contribution in [-0.2, 0) is 0 Å². The van der Waals surface area contributed by atoms with E-state index in [-0.39, 0.29) is 11.5 Å². The molecule has 0 radical (unpaired) electrons. The molecule has 0 aliphatic rings. The molecule has 0 fully saturated rings. The molecule has 8 nitrogen and oxygen atoms in total. The lowest BCUT2D eigenvalue weighted by Gasteiger charge is -2.07. The molecular weight excluding hydrogens is 357 g/mol. The molecule has 27 heavy (non-hydrogen) atoms. The Morgan fingerprint density at radius 3 is 2.63 bits per heavy atom. The van der Waals surface area contributed by atoms with Crippen molar-refractivity contribution in [2.75, 3.05) is 6.61 Å². The zero-order valence-electron chi connectivity index (χ0n) is 14.9. The third kappa shape index (κ3) is 3.57. The monoisotopic (exact) mass is 373 g/mol. The topological polar surface area (TPSA) is 100 Å². The van der Waals surface area contributed by atoms with Gasteiger partial charge in [0.05, 0.1) is 11.0 Å². The molecule has 0 bridgehead atoms. The van der Waals surface area contributed by atoms with Crippen molar-refractivity contribution in [3.63, 3.8) is 0 Å². The summed E-state index contributed by atoms with van der Waals surface area (Å²) in [5.74, 6) is -0.283. The highest BCUT2D eigenvalue weighted by Crippen LogP contribution is 2.24. The molecule has 1 aromatic carbocycles. The molecule has 140 valence electrons. The maximum Gasteiger partial charge on any atom is 0.272 e. The molecule has 0 aliphatic carbocycles. The van der Waals surface area contributed by atoms with E-state index < -0.39 is 23.0 Å². The van der Waals surface area contributed by atoms with Crippen LogP contribution < -0.4 is 4.74 Å². The van der Waals surface area contributed by atoms with Crippen LogP contribution in [0.5, 0.6) is 5.75 Å². The minimum absolute atomic E-state index is 0.227. The lowest BCUT2D eigenvalue weighted by atomic mass is 10.1. The van der Waals surface area contributed by atoms with Crippen LogP contribution in [0.4, 0.5) is 10.1 Å². The highest BCUT2D eigenvalue weighted by Gasteiger charge is 2.20. The van der Waals surface area contributed by atoms with E-state index in [0.29, 0.717) is 22.8 Å². The SMILES string of the molecule is Cc1cc(-n2c(C)cc(C(=O)COc3ccc([N+](=O)[O-])cc3F)c2C)no1. The number of nitro benzene ring substituents is 1. The number of hydrogen-bond acceptors (Lipinski definition) is 6. The van der Waals surface area contributed by atoms with E-state index in [2.05, 4.69) is 5.16 Å². The van der Waals surface area contributed by atoms with E-state index in [1.807, 2.05) is 6.92 Å². The summed E-state index contributed by atoms with van der Waals surface area (Å²) in [7, 11) is 0. The lowest BCUT2D eigenvalue weighted by molar-refractivity contribution is -0.385. The highest BCUT2D eigenvalue weighted by atomic mass is 19.1. The van der Waals surface area contributed by atoms with Gasteiger partial charge in [-0.15, -0.1) is 0 Å². The van der Waals surface area contributed by atoms with Crippen LogP contribution in [0.25, 0.3) is 5.82 Å². The van der Waals surface area contributed by atoms with Gasteiger partial charge < -0.3 is 9.26 Å². The first-order chi connectivity index (χ1) is 12.8. The van der Waals surface area contributed by atoms with Crippen LogP contribution >= 0.6 is 0 Å². The predicted octanol–water partition coefficient (Wildman–Crippen LogP) is 3.70. The quantitative estimate of drug-likeness (QED) is 0.371. The fraction of sp³-hybridized carbons (Fsp3) is 0.222. The van der Waals surface area contributed by atoms with Gasteiger partial charge in [0.15, 0.2) is 24.0 Å². The normalized spacial score (nSPS) is 10.8. The molecule has 2 aromatic heterocycles. The smallest absolute Gasteiger partial charge is 0.272 e. The number of non-ortho nitro benzene ring substituents is 1. The van der Waals surface area contributed by atoms with Gasteiger partial charge in [-0.2, -0.15) is 0 Å². The molecule has 3 aromatic rings. The van der Waals surface area contributed by atoms with Crippen molar-refractivity contribution in [1.29, 1.82) is 0 Å². The third-order valence-corrected chi connectivity index (χ3v) is 4.06. The Hall–Kier alpha value is -3.49. The largest absolute Gasteiger partial charge is 0.482 e. The highest BCUT2D eigenvalue weighted by molar-refractivity contribution is 5.98. The Kier molecular flexibility index (Phi) is 4.76. The van der Waals surface area contributed by atoms with E-state index in [9.17, 15) is 19.3 Å². The number of nitro groups is 1. The van der Waals surface area contributed by atoms with Crippen LogP contribution in [-0.4, -0.2) is 27.0 Å². The summed E-state index contributed by atoms with van der Waals surface area (Å²) in [6.45, 7) is 4.95. The molecular formula is C18H16FN3O5. The zero-order chi connectivity index (χ0) is 19.7. The van der Waals surface area contributed by atoms with Gasteiger partial charge in [-0.3, -0.25) is 19.5 Å². The Balaban J connectivity index is 1.78. The van der Waals surface area contributed by atoms with Crippen LogP contribution in [0.3, 0.4) is 0 Å². The third-order valence-electron chi connectivity index (χ3n) is 4.06. The molecule has 2 heterocycles. The zero-order valence-corrected chi connectivity index (χ0v) is 14.9. The van der Waals surface area contributed by atoms with Crippen molar-refractivity contribution in [3.05, 3.63) is 69.0 Å². The Morgan fingerprint density at radius 2 is 2.04 bits per heavy atom. The minimum atomic E-state index is -0.902. The van der Waals surface area contributed by atoms with E-state index in [1.165, 1.54) is 0 Å².